The molecule has 2 aromatic heterocycles. The van der Waals surface area contributed by atoms with Gasteiger partial charge < -0.3 is 8.98 Å². The van der Waals surface area contributed by atoms with Crippen LogP contribution in [0.3, 0.4) is 0 Å². The fraction of sp³-hybridized carbons (Fsp3) is 0.167. The van der Waals surface area contributed by atoms with E-state index in [2.05, 4.69) is 14.7 Å². The summed E-state index contributed by atoms with van der Waals surface area (Å²) in [5, 5.41) is -0.177. The highest BCUT2D eigenvalue weighted by molar-refractivity contribution is 7.92. The quantitative estimate of drug-likeness (QED) is 0.797. The Bertz CT molecular complexity index is 929. The van der Waals surface area contributed by atoms with Gasteiger partial charge in [0.15, 0.2) is 11.5 Å². The molecular weight excluding hydrogens is 316 g/mol. The molecule has 0 spiro atoms. The molecule has 3 aromatic rings. The van der Waals surface area contributed by atoms with Crippen molar-refractivity contribution in [2.45, 2.75) is 11.9 Å². The fourth-order valence-corrected chi connectivity index (χ4v) is 3.37. The lowest BCUT2D eigenvalue weighted by atomic mass is 10.3. The van der Waals surface area contributed by atoms with Gasteiger partial charge in [0, 0.05) is 14.0 Å². The van der Waals surface area contributed by atoms with E-state index in [1.165, 1.54) is 10.9 Å². The second-order valence-corrected chi connectivity index (χ2v) is 6.43. The number of benzene rings is 1. The van der Waals surface area contributed by atoms with E-state index in [4.69, 9.17) is 16.0 Å². The number of oxazole rings is 1. The molecule has 110 valence electrons. The zero-order chi connectivity index (χ0) is 15.2. The van der Waals surface area contributed by atoms with Crippen LogP contribution in [-0.4, -0.2) is 23.0 Å². The van der Waals surface area contributed by atoms with E-state index in [0.29, 0.717) is 22.7 Å². The Labute approximate surface area is 125 Å². The summed E-state index contributed by atoms with van der Waals surface area (Å²) < 4.78 is 33.7. The normalized spacial score (nSPS) is 12.0. The van der Waals surface area contributed by atoms with Crippen molar-refractivity contribution >= 4 is 38.4 Å². The van der Waals surface area contributed by atoms with Gasteiger partial charge in [-0.15, -0.1) is 0 Å². The number of nitrogens with one attached hydrogen (secondary N) is 1. The summed E-state index contributed by atoms with van der Waals surface area (Å²) in [7, 11) is -2.25. The van der Waals surface area contributed by atoms with Crippen molar-refractivity contribution in [1.29, 1.82) is 0 Å². The largest absolute Gasteiger partial charge is 0.441 e. The van der Waals surface area contributed by atoms with E-state index in [0.717, 1.165) is 0 Å². The maximum atomic E-state index is 12.3. The first-order valence-electron chi connectivity index (χ1n) is 5.93. The molecule has 1 N–H and O–H groups in total. The third kappa shape index (κ3) is 2.47. The first kappa shape index (κ1) is 13.9. The van der Waals surface area contributed by atoms with Crippen LogP contribution in [0, 0.1) is 6.92 Å². The van der Waals surface area contributed by atoms with E-state index in [1.807, 2.05) is 0 Å². The maximum Gasteiger partial charge on any atom is 0.282 e. The van der Waals surface area contributed by atoms with Crippen molar-refractivity contribution in [3.05, 3.63) is 35.6 Å². The second-order valence-electron chi connectivity index (χ2n) is 4.47. The Hall–Kier alpha value is -2.06. The number of imidazole rings is 1. The Morgan fingerprint density at radius 3 is 2.81 bits per heavy atom. The van der Waals surface area contributed by atoms with Crippen LogP contribution in [0.25, 0.3) is 11.1 Å². The minimum absolute atomic E-state index is 0.0425. The Morgan fingerprint density at radius 2 is 2.14 bits per heavy atom. The van der Waals surface area contributed by atoms with Crippen molar-refractivity contribution in [2.75, 3.05) is 4.72 Å². The van der Waals surface area contributed by atoms with Gasteiger partial charge in [0.1, 0.15) is 10.7 Å². The van der Waals surface area contributed by atoms with Crippen LogP contribution < -0.4 is 4.72 Å². The number of fused-ring (bicyclic) bond motifs is 1. The van der Waals surface area contributed by atoms with Gasteiger partial charge in [0.2, 0.25) is 5.03 Å². The van der Waals surface area contributed by atoms with Gasteiger partial charge in [0.05, 0.1) is 12.0 Å². The first-order chi connectivity index (χ1) is 9.87. The van der Waals surface area contributed by atoms with Crippen molar-refractivity contribution in [2.24, 2.45) is 7.05 Å². The number of nitrogens with zero attached hydrogens (tertiary/aromatic N) is 3. The lowest BCUT2D eigenvalue weighted by Crippen LogP contribution is -2.14. The van der Waals surface area contributed by atoms with Crippen LogP contribution in [0.15, 0.2) is 34.0 Å². The molecule has 0 aliphatic rings. The third-order valence-corrected chi connectivity index (χ3v) is 4.71. The molecule has 0 radical (unpaired) electrons. The van der Waals surface area contributed by atoms with Gasteiger partial charge in [-0.2, -0.15) is 8.42 Å². The highest BCUT2D eigenvalue weighted by Gasteiger charge is 2.22. The molecule has 21 heavy (non-hydrogen) atoms. The lowest BCUT2D eigenvalue weighted by molar-refractivity contribution is 0.561. The molecule has 0 amide bonds. The summed E-state index contributed by atoms with van der Waals surface area (Å²) in [6.07, 6.45) is 1.33. The molecule has 0 aliphatic carbocycles. The molecule has 0 saturated heterocycles. The summed E-state index contributed by atoms with van der Waals surface area (Å²) >= 11 is 5.91. The number of hydrogen-bond donors (Lipinski definition) is 1. The van der Waals surface area contributed by atoms with Crippen LogP contribution in [0.4, 0.5) is 5.69 Å². The molecule has 3 rings (SSSR count). The number of anilines is 1. The number of aryl methyl sites for hydroxylation is 2. The van der Waals surface area contributed by atoms with Crippen molar-refractivity contribution < 1.29 is 12.8 Å². The Morgan fingerprint density at radius 1 is 1.38 bits per heavy atom. The second kappa shape index (κ2) is 4.74. The highest BCUT2D eigenvalue weighted by Crippen LogP contribution is 2.24. The molecule has 1 aromatic carbocycles. The number of halogens is 1. The molecule has 0 unspecified atom stereocenters. The molecule has 0 saturated carbocycles. The minimum Gasteiger partial charge on any atom is -0.441 e. The van der Waals surface area contributed by atoms with Crippen LogP contribution in [-0.2, 0) is 17.1 Å². The molecule has 0 aliphatic heterocycles. The summed E-state index contributed by atoms with van der Waals surface area (Å²) in [5.74, 6) is 0.512. The van der Waals surface area contributed by atoms with Crippen LogP contribution in [0.2, 0.25) is 5.15 Å². The third-order valence-electron chi connectivity index (χ3n) is 2.84. The van der Waals surface area contributed by atoms with Gasteiger partial charge >= 0.3 is 0 Å². The maximum absolute atomic E-state index is 12.3. The lowest BCUT2D eigenvalue weighted by Gasteiger charge is -2.06. The van der Waals surface area contributed by atoms with E-state index >= 15 is 0 Å². The first-order valence-corrected chi connectivity index (χ1v) is 7.80. The number of hydrogen-bond acceptors (Lipinski definition) is 5. The topological polar surface area (TPSA) is 90.0 Å². The summed E-state index contributed by atoms with van der Waals surface area (Å²) in [6.45, 7) is 1.72. The van der Waals surface area contributed by atoms with Crippen molar-refractivity contribution in [3.63, 3.8) is 0 Å². The summed E-state index contributed by atoms with van der Waals surface area (Å²) in [5.41, 5.74) is 1.52. The van der Waals surface area contributed by atoms with E-state index in [9.17, 15) is 8.42 Å². The molecule has 9 heteroatoms. The molecule has 0 bridgehead atoms. The molecule has 2 heterocycles. The summed E-state index contributed by atoms with van der Waals surface area (Å²) in [6, 6.07) is 4.81. The predicted molar refractivity (Wildman–Crippen MR) is 77.8 cm³/mol. The molecule has 0 atom stereocenters. The molecular formula is C12H11ClN4O3S. The fourth-order valence-electron chi connectivity index (χ4n) is 1.88. The van der Waals surface area contributed by atoms with E-state index < -0.39 is 10.0 Å². The monoisotopic (exact) mass is 326 g/mol. The van der Waals surface area contributed by atoms with Gasteiger partial charge in [-0.3, -0.25) is 4.72 Å². The SMILES string of the molecule is Cc1nc2cc(NS(=O)(=O)c3ncn(C)c3Cl)ccc2o1. The van der Waals surface area contributed by atoms with Gasteiger partial charge in [0.25, 0.3) is 10.0 Å². The summed E-state index contributed by atoms with van der Waals surface area (Å²) in [4.78, 5) is 7.95. The average Bonchev–Trinajstić information content (AvgIpc) is 2.92. The van der Waals surface area contributed by atoms with Crippen molar-refractivity contribution in [1.82, 2.24) is 14.5 Å². The number of rotatable bonds is 3. The number of aromatic nitrogens is 3. The molecule has 0 fully saturated rings. The zero-order valence-electron chi connectivity index (χ0n) is 11.2. The van der Waals surface area contributed by atoms with Gasteiger partial charge in [-0.25, -0.2) is 9.97 Å². The van der Waals surface area contributed by atoms with Crippen LogP contribution >= 0.6 is 11.6 Å². The molecule has 7 nitrogen and oxygen atoms in total. The van der Waals surface area contributed by atoms with Crippen LogP contribution in [0.5, 0.6) is 0 Å². The number of sulfonamides is 1. The van der Waals surface area contributed by atoms with Crippen molar-refractivity contribution in [3.8, 4) is 0 Å². The Kier molecular flexibility index (Phi) is 3.14. The van der Waals surface area contributed by atoms with E-state index in [1.54, 1.807) is 32.2 Å². The highest BCUT2D eigenvalue weighted by atomic mass is 35.5. The average molecular weight is 327 g/mol. The standard InChI is InChI=1S/C12H11ClN4O3S/c1-7-15-9-5-8(3-4-10(9)20-7)16-21(18,19)12-11(13)17(2)6-14-12/h3-6,16H,1-2H3. The predicted octanol–water partition coefficient (Wildman–Crippen LogP) is 2.32. The zero-order valence-corrected chi connectivity index (χ0v) is 12.7. The van der Waals surface area contributed by atoms with Crippen LogP contribution in [0.1, 0.15) is 5.89 Å². The Balaban J connectivity index is 1.98. The van der Waals surface area contributed by atoms with E-state index in [-0.39, 0.29) is 10.2 Å². The van der Waals surface area contributed by atoms with Gasteiger partial charge in [-0.05, 0) is 18.2 Å². The minimum atomic E-state index is -3.86. The smallest absolute Gasteiger partial charge is 0.282 e. The van der Waals surface area contributed by atoms with Gasteiger partial charge in [-0.1, -0.05) is 11.6 Å².